The maximum atomic E-state index is 13.2. The zero-order valence-electron chi connectivity index (χ0n) is 15.7. The van der Waals surface area contributed by atoms with Crippen LogP contribution in [0.25, 0.3) is 11.4 Å². The number of nitrogens with one attached hydrogen (secondary N) is 1. The van der Waals surface area contributed by atoms with Crippen LogP contribution in [0, 0.1) is 0 Å². The van der Waals surface area contributed by atoms with E-state index in [4.69, 9.17) is 9.26 Å². The first-order valence-electron chi connectivity index (χ1n) is 9.29. The van der Waals surface area contributed by atoms with Gasteiger partial charge in [0.25, 0.3) is 5.91 Å². The molecule has 1 atom stereocenters. The molecule has 0 radical (unpaired) electrons. The smallest absolute Gasteiger partial charge is 0.325 e. The highest BCUT2D eigenvalue weighted by atomic mass is 32.1. The summed E-state index contributed by atoms with van der Waals surface area (Å²) in [6, 6.07) is 8.74. The molecule has 0 unspecified atom stereocenters. The molecule has 9 heteroatoms. The molecule has 1 aliphatic heterocycles. The molecule has 2 aliphatic rings. The number of aryl methyl sites for hydroxylation is 1. The Morgan fingerprint density at radius 1 is 1.28 bits per heavy atom. The molecule has 3 amide bonds. The van der Waals surface area contributed by atoms with Crippen LogP contribution in [-0.4, -0.2) is 34.1 Å². The minimum Gasteiger partial charge on any atom is -0.497 e. The van der Waals surface area contributed by atoms with Crippen LogP contribution in [0.2, 0.25) is 0 Å². The van der Waals surface area contributed by atoms with Gasteiger partial charge < -0.3 is 14.6 Å². The van der Waals surface area contributed by atoms with Gasteiger partial charge in [0.1, 0.15) is 17.8 Å². The summed E-state index contributed by atoms with van der Waals surface area (Å²) in [6.45, 7) is -0.0605. The van der Waals surface area contributed by atoms with E-state index in [0.29, 0.717) is 12.2 Å². The molecule has 1 aliphatic carbocycles. The summed E-state index contributed by atoms with van der Waals surface area (Å²) < 4.78 is 10.4. The highest BCUT2D eigenvalue weighted by Crippen LogP contribution is 2.42. The molecular weight excluding hydrogens is 392 g/mol. The van der Waals surface area contributed by atoms with Gasteiger partial charge in [-0.1, -0.05) is 5.16 Å². The molecule has 3 aromatic rings. The zero-order chi connectivity index (χ0) is 20.0. The second kappa shape index (κ2) is 6.70. The summed E-state index contributed by atoms with van der Waals surface area (Å²) >= 11 is 1.63. The largest absolute Gasteiger partial charge is 0.497 e. The van der Waals surface area contributed by atoms with Crippen molar-refractivity contribution < 1.29 is 18.8 Å². The number of imide groups is 1. The average Bonchev–Trinajstić information content (AvgIpc) is 3.45. The number of amides is 3. The number of carbonyl (C=O) groups is 2. The van der Waals surface area contributed by atoms with Crippen molar-refractivity contribution in [1.82, 2.24) is 20.4 Å². The quantitative estimate of drug-likeness (QED) is 0.664. The van der Waals surface area contributed by atoms with Crippen molar-refractivity contribution in [3.8, 4) is 17.1 Å². The Kier molecular flexibility index (Phi) is 4.13. The van der Waals surface area contributed by atoms with E-state index >= 15 is 0 Å². The van der Waals surface area contributed by atoms with E-state index in [1.54, 1.807) is 30.6 Å². The number of methoxy groups -OCH3 is 1. The Bertz CT molecular complexity index is 1090. The number of aromatic nitrogens is 2. The van der Waals surface area contributed by atoms with E-state index in [-0.39, 0.29) is 18.3 Å². The zero-order valence-corrected chi connectivity index (χ0v) is 16.5. The van der Waals surface area contributed by atoms with Crippen LogP contribution in [0.5, 0.6) is 5.75 Å². The number of benzene rings is 1. The average molecular weight is 410 g/mol. The third kappa shape index (κ3) is 2.80. The fourth-order valence-electron chi connectivity index (χ4n) is 4.00. The molecule has 0 saturated carbocycles. The van der Waals surface area contributed by atoms with E-state index in [2.05, 4.69) is 15.5 Å². The van der Waals surface area contributed by atoms with Gasteiger partial charge in [-0.2, -0.15) is 4.98 Å². The third-order valence-corrected chi connectivity index (χ3v) is 6.43. The number of hydrogen-bond donors (Lipinski definition) is 1. The predicted molar refractivity (Wildman–Crippen MR) is 104 cm³/mol. The molecule has 2 aromatic heterocycles. The number of nitrogens with zero attached hydrogens (tertiary/aromatic N) is 3. The van der Waals surface area contributed by atoms with Crippen molar-refractivity contribution in [1.29, 1.82) is 0 Å². The molecule has 1 spiro atoms. The van der Waals surface area contributed by atoms with E-state index < -0.39 is 11.6 Å². The molecule has 148 valence electrons. The molecular formula is C20H18N4O4S. The summed E-state index contributed by atoms with van der Waals surface area (Å²) in [4.78, 5) is 32.6. The van der Waals surface area contributed by atoms with Crippen molar-refractivity contribution in [2.75, 3.05) is 7.11 Å². The Morgan fingerprint density at radius 2 is 2.10 bits per heavy atom. The third-order valence-electron chi connectivity index (χ3n) is 5.45. The number of rotatable bonds is 4. The summed E-state index contributed by atoms with van der Waals surface area (Å²) in [5, 5.41) is 8.87. The SMILES string of the molecule is COc1ccc(-c2noc(CN3C(=O)N[C@@]4(CCCc5sccc54)C3=O)n2)cc1. The van der Waals surface area contributed by atoms with E-state index in [9.17, 15) is 9.59 Å². The van der Waals surface area contributed by atoms with Crippen LogP contribution >= 0.6 is 11.3 Å². The number of urea groups is 1. The number of hydrogen-bond acceptors (Lipinski definition) is 7. The topological polar surface area (TPSA) is 97.6 Å². The standard InChI is InChI=1S/C20H18N4O4S/c1-27-13-6-4-12(5-7-13)17-21-16(28-23-17)11-24-18(25)20(22-19(24)26)9-2-3-15-14(20)8-10-29-15/h4-8,10H,2-3,9,11H2,1H3,(H,22,26)/t20-/m1/s1. The molecule has 29 heavy (non-hydrogen) atoms. The second-order valence-corrected chi connectivity index (χ2v) is 8.08. The van der Waals surface area contributed by atoms with E-state index in [1.807, 2.05) is 23.6 Å². The van der Waals surface area contributed by atoms with Gasteiger partial charge in [-0.25, -0.2) is 4.79 Å². The number of carbonyl (C=O) groups excluding carboxylic acids is 2. The first kappa shape index (κ1) is 17.9. The monoisotopic (exact) mass is 410 g/mol. The predicted octanol–water partition coefficient (Wildman–Crippen LogP) is 3.09. The molecule has 1 aromatic carbocycles. The van der Waals surface area contributed by atoms with Crippen molar-refractivity contribution in [2.45, 2.75) is 31.3 Å². The van der Waals surface area contributed by atoms with Crippen LogP contribution in [0.15, 0.2) is 40.2 Å². The number of fused-ring (bicyclic) bond motifs is 2. The second-order valence-electron chi connectivity index (χ2n) is 7.08. The Balaban J connectivity index is 1.39. The minimum absolute atomic E-state index is 0.0605. The lowest BCUT2D eigenvalue weighted by Crippen LogP contribution is -2.46. The summed E-state index contributed by atoms with van der Waals surface area (Å²) in [7, 11) is 1.59. The molecule has 1 fully saturated rings. The highest BCUT2D eigenvalue weighted by Gasteiger charge is 2.54. The molecule has 8 nitrogen and oxygen atoms in total. The highest BCUT2D eigenvalue weighted by molar-refractivity contribution is 7.10. The Morgan fingerprint density at radius 3 is 2.90 bits per heavy atom. The van der Waals surface area contributed by atoms with Crippen molar-refractivity contribution in [2.24, 2.45) is 0 Å². The van der Waals surface area contributed by atoms with Crippen molar-refractivity contribution in [3.63, 3.8) is 0 Å². The van der Waals surface area contributed by atoms with Crippen LogP contribution in [-0.2, 0) is 23.3 Å². The normalized spacial score (nSPS) is 20.8. The van der Waals surface area contributed by atoms with Gasteiger partial charge in [0.15, 0.2) is 0 Å². The van der Waals surface area contributed by atoms with E-state index in [0.717, 1.165) is 39.5 Å². The van der Waals surface area contributed by atoms with Gasteiger partial charge in [-0.15, -0.1) is 11.3 Å². The van der Waals surface area contributed by atoms with Crippen LogP contribution in [0.1, 0.15) is 29.2 Å². The molecule has 0 bridgehead atoms. The summed E-state index contributed by atoms with van der Waals surface area (Å²) in [6.07, 6.45) is 2.39. The lowest BCUT2D eigenvalue weighted by atomic mass is 9.80. The van der Waals surface area contributed by atoms with Gasteiger partial charge in [-0.3, -0.25) is 9.69 Å². The van der Waals surface area contributed by atoms with E-state index in [1.165, 1.54) is 0 Å². The van der Waals surface area contributed by atoms with Gasteiger partial charge in [-0.05, 0) is 55.0 Å². The molecule has 3 heterocycles. The van der Waals surface area contributed by atoms with Crippen LogP contribution in [0.4, 0.5) is 4.79 Å². The van der Waals surface area contributed by atoms with Crippen LogP contribution in [0.3, 0.4) is 0 Å². The first-order valence-corrected chi connectivity index (χ1v) is 10.2. The molecule has 1 saturated heterocycles. The minimum atomic E-state index is -0.969. The summed E-state index contributed by atoms with van der Waals surface area (Å²) in [5.74, 6) is 1.06. The fourth-order valence-corrected chi connectivity index (χ4v) is 5.00. The van der Waals surface area contributed by atoms with Gasteiger partial charge >= 0.3 is 6.03 Å². The van der Waals surface area contributed by atoms with Gasteiger partial charge in [0.05, 0.1) is 7.11 Å². The lowest BCUT2D eigenvalue weighted by molar-refractivity contribution is -0.132. The lowest BCUT2D eigenvalue weighted by Gasteiger charge is -2.31. The van der Waals surface area contributed by atoms with Crippen molar-refractivity contribution in [3.05, 3.63) is 52.0 Å². The molecule has 5 rings (SSSR count). The van der Waals surface area contributed by atoms with Crippen molar-refractivity contribution >= 4 is 23.3 Å². The van der Waals surface area contributed by atoms with Crippen LogP contribution < -0.4 is 10.1 Å². The first-order chi connectivity index (χ1) is 14.1. The maximum Gasteiger partial charge on any atom is 0.325 e. The Labute approximate surface area is 170 Å². The van der Waals surface area contributed by atoms with Gasteiger partial charge in [0.2, 0.25) is 11.7 Å². The number of thiophene rings is 1. The Hall–Kier alpha value is -3.20. The number of ether oxygens (including phenoxy) is 1. The van der Waals surface area contributed by atoms with Gasteiger partial charge in [0, 0.05) is 16.0 Å². The maximum absolute atomic E-state index is 13.2. The fraction of sp³-hybridized carbons (Fsp3) is 0.300. The molecule has 1 N–H and O–H groups in total. The summed E-state index contributed by atoms with van der Waals surface area (Å²) in [5.41, 5.74) is 0.701.